The Morgan fingerprint density at radius 2 is 0.274 bits per heavy atom. The summed E-state index contributed by atoms with van der Waals surface area (Å²) in [6, 6.07) is 0. The van der Waals surface area contributed by atoms with Gasteiger partial charge in [0.1, 0.15) is 0 Å². The number of unbranched alkanes of at least 4 members (excludes halogenated alkanes) is 52. The SMILES string of the molecule is CCCCCCCCCCCCCCCCSP([O-])SCCCCCCCCCCCCCCCC.CCCCCCCCCCCCCCCCSP([O-])SCCCCCCCCCCCCCCCC.[Ba+2]. The quantitative estimate of drug-likeness (QED) is 0.0344. The van der Waals surface area contributed by atoms with Gasteiger partial charge in [0.2, 0.25) is 0 Å². The van der Waals surface area contributed by atoms with Crippen LogP contribution in [0, 0.1) is 0 Å². The Morgan fingerprint density at radius 1 is 0.178 bits per heavy atom. The molecular formula is C64H132BaO2P2S4. The smallest absolute Gasteiger partial charge is 0.813 e. The fraction of sp³-hybridized carbons (Fsp3) is 1.00. The predicted octanol–water partition coefficient (Wildman–Crippen LogP) is 25.6. The maximum Gasteiger partial charge on any atom is 2.00 e. The standard InChI is InChI=1S/2C32H66OPS2.Ba/c2*1-3-5-7-9-11-13-15-17-19-21-23-25-27-29-31-35-34(33)36-32-30-28-26-24-22-20-18-16-14-12-10-8-6-4-2;/h2*3-32H2,1-2H3;/q2*-1;+2. The minimum atomic E-state index is -1.08. The van der Waals surface area contributed by atoms with Crippen LogP contribution in [0.1, 0.15) is 387 Å². The molecule has 73 heavy (non-hydrogen) atoms. The van der Waals surface area contributed by atoms with E-state index in [0.717, 1.165) is 23.0 Å². The molecule has 0 radical (unpaired) electrons. The third-order valence-corrected chi connectivity index (χ3v) is 26.0. The fourth-order valence-corrected chi connectivity index (χ4v) is 19.7. The van der Waals surface area contributed by atoms with Crippen LogP contribution in [0.3, 0.4) is 0 Å². The maximum absolute atomic E-state index is 12.2. The third kappa shape index (κ3) is 80.0. The molecule has 0 aliphatic carbocycles. The Morgan fingerprint density at radius 3 is 0.384 bits per heavy atom. The van der Waals surface area contributed by atoms with Crippen LogP contribution >= 0.6 is 58.6 Å². The summed E-state index contributed by atoms with van der Waals surface area (Å²) in [5.74, 6) is 4.38. The third-order valence-electron chi connectivity index (χ3n) is 14.8. The minimum Gasteiger partial charge on any atom is -0.813 e. The van der Waals surface area contributed by atoms with Crippen molar-refractivity contribution in [1.29, 1.82) is 0 Å². The molecule has 0 aromatic rings. The summed E-state index contributed by atoms with van der Waals surface area (Å²) in [7, 11) is 0. The molecule has 0 aliphatic heterocycles. The van der Waals surface area contributed by atoms with Gasteiger partial charge >= 0.3 is 48.9 Å². The second-order valence-corrected chi connectivity index (χ2v) is 34.2. The van der Waals surface area contributed by atoms with Crippen LogP contribution < -0.4 is 9.79 Å². The minimum absolute atomic E-state index is 0. The molecule has 0 saturated carbocycles. The van der Waals surface area contributed by atoms with Crippen molar-refractivity contribution in [2.24, 2.45) is 0 Å². The fourth-order valence-electron chi connectivity index (χ4n) is 9.82. The summed E-state index contributed by atoms with van der Waals surface area (Å²) >= 11 is 6.88. The van der Waals surface area contributed by atoms with Gasteiger partial charge in [0, 0.05) is 0 Å². The molecule has 0 amide bonds. The molecule has 0 spiro atoms. The average molecular weight is 1260 g/mol. The average Bonchev–Trinajstić information content (AvgIpc) is 3.38. The molecule has 0 fully saturated rings. The Labute approximate surface area is 522 Å². The van der Waals surface area contributed by atoms with E-state index >= 15 is 0 Å². The Kier molecular flexibility index (Phi) is 86.3. The molecule has 0 N–H and O–H groups in total. The summed E-state index contributed by atoms with van der Waals surface area (Å²) in [4.78, 5) is 24.4. The van der Waals surface area contributed by atoms with Gasteiger partial charge in [0.15, 0.2) is 0 Å². The van der Waals surface area contributed by atoms with E-state index in [4.69, 9.17) is 0 Å². The van der Waals surface area contributed by atoms with Crippen LogP contribution in [-0.2, 0) is 0 Å². The molecule has 0 aromatic carbocycles. The molecule has 0 rings (SSSR count). The zero-order chi connectivity index (χ0) is 52.4. The second kappa shape index (κ2) is 77.8. The van der Waals surface area contributed by atoms with Crippen LogP contribution in [0.5, 0.6) is 0 Å². The summed E-state index contributed by atoms with van der Waals surface area (Å²) < 4.78 is 0. The van der Waals surface area contributed by atoms with Gasteiger partial charge in [-0.2, -0.15) is 0 Å². The molecule has 9 heteroatoms. The first-order chi connectivity index (χ1) is 35.6. The van der Waals surface area contributed by atoms with Crippen molar-refractivity contribution >= 4 is 108 Å². The zero-order valence-electron chi connectivity index (χ0n) is 50.5. The van der Waals surface area contributed by atoms with Gasteiger partial charge < -0.3 is 9.79 Å². The molecule has 0 bridgehead atoms. The normalized spacial score (nSPS) is 11.5. The molecule has 0 atom stereocenters. The Balaban J connectivity index is -0.00000132. The summed E-state index contributed by atoms with van der Waals surface area (Å²) in [6.45, 7) is 7.01. The Hall–Kier alpha value is 3.75. The molecule has 0 unspecified atom stereocenters. The first-order valence-corrected chi connectivity index (χ1v) is 42.0. The van der Waals surface area contributed by atoms with Crippen molar-refractivity contribution < 1.29 is 9.79 Å². The van der Waals surface area contributed by atoms with E-state index in [1.54, 1.807) is 45.5 Å². The summed E-state index contributed by atoms with van der Waals surface area (Å²) in [6.07, 6.45) is 78.8. The molecule has 436 valence electrons. The van der Waals surface area contributed by atoms with Gasteiger partial charge in [-0.05, 0) is 48.7 Å². The molecule has 0 aliphatic rings. The van der Waals surface area contributed by atoms with Crippen LogP contribution in [0.25, 0.3) is 0 Å². The van der Waals surface area contributed by atoms with Crippen molar-refractivity contribution in [2.75, 3.05) is 23.0 Å². The van der Waals surface area contributed by atoms with Gasteiger partial charge in [-0.3, -0.25) is 0 Å². The van der Waals surface area contributed by atoms with E-state index in [2.05, 4.69) is 27.7 Å². The van der Waals surface area contributed by atoms with Gasteiger partial charge in [-0.15, -0.1) is 45.5 Å². The predicted molar refractivity (Wildman–Crippen MR) is 351 cm³/mol. The van der Waals surface area contributed by atoms with Crippen molar-refractivity contribution in [3.8, 4) is 0 Å². The van der Waals surface area contributed by atoms with E-state index in [9.17, 15) is 9.79 Å². The molecule has 0 aromatic heterocycles. The molecular weight excluding hydrogens is 1130 g/mol. The van der Waals surface area contributed by atoms with Crippen molar-refractivity contribution in [1.82, 2.24) is 0 Å². The van der Waals surface area contributed by atoms with E-state index in [1.807, 2.05) is 0 Å². The largest absolute Gasteiger partial charge is 2.00 e. The number of hydrogen-bond acceptors (Lipinski definition) is 6. The van der Waals surface area contributed by atoms with E-state index in [1.165, 1.54) is 360 Å². The molecule has 2 nitrogen and oxygen atoms in total. The van der Waals surface area contributed by atoms with Gasteiger partial charge in [0.25, 0.3) is 0 Å². The molecule has 0 saturated heterocycles. The monoisotopic (exact) mass is 1260 g/mol. The van der Waals surface area contributed by atoms with Crippen LogP contribution in [0.15, 0.2) is 0 Å². The first-order valence-electron chi connectivity index (χ1n) is 33.1. The maximum atomic E-state index is 12.2. The second-order valence-electron chi connectivity index (χ2n) is 22.2. The molecule has 0 heterocycles. The van der Waals surface area contributed by atoms with Crippen LogP contribution in [0.2, 0.25) is 0 Å². The number of hydrogen-bond donors (Lipinski definition) is 0. The topological polar surface area (TPSA) is 46.1 Å². The zero-order valence-corrected chi connectivity index (χ0v) is 60.0. The number of rotatable bonds is 64. The first kappa shape index (κ1) is 81.0. The summed E-state index contributed by atoms with van der Waals surface area (Å²) in [5.41, 5.74) is 0. The van der Waals surface area contributed by atoms with Crippen LogP contribution in [-0.4, -0.2) is 71.9 Å². The van der Waals surface area contributed by atoms with Gasteiger partial charge in [-0.1, -0.05) is 375 Å². The van der Waals surface area contributed by atoms with Crippen LogP contribution in [0.4, 0.5) is 0 Å². The van der Waals surface area contributed by atoms with E-state index in [-0.39, 0.29) is 48.9 Å². The van der Waals surface area contributed by atoms with Gasteiger partial charge in [0.05, 0.1) is 0 Å². The van der Waals surface area contributed by atoms with E-state index in [0.29, 0.717) is 0 Å². The Bertz CT molecular complexity index is 776. The summed E-state index contributed by atoms with van der Waals surface area (Å²) in [5, 5.41) is 0. The van der Waals surface area contributed by atoms with E-state index < -0.39 is 13.1 Å². The van der Waals surface area contributed by atoms with Crippen molar-refractivity contribution in [2.45, 2.75) is 387 Å². The van der Waals surface area contributed by atoms with Crippen molar-refractivity contribution in [3.63, 3.8) is 0 Å². The van der Waals surface area contributed by atoms with Gasteiger partial charge in [-0.25, -0.2) is 0 Å². The van der Waals surface area contributed by atoms with Crippen molar-refractivity contribution in [3.05, 3.63) is 0 Å².